The summed E-state index contributed by atoms with van der Waals surface area (Å²) >= 11 is 0. The average molecular weight is 292 g/mol. The van der Waals surface area contributed by atoms with Crippen LogP contribution in [0.25, 0.3) is 0 Å². The maximum absolute atomic E-state index is 13.0. The van der Waals surface area contributed by atoms with E-state index in [0.29, 0.717) is 17.9 Å². The normalized spacial score (nSPS) is 37.5. The molecular weight excluding hydrogens is 264 g/mol. The molecule has 0 spiro atoms. The molecule has 4 nitrogen and oxygen atoms in total. The second-order valence-corrected chi connectivity index (χ2v) is 7.03. The van der Waals surface area contributed by atoms with Gasteiger partial charge in [-0.25, -0.2) is 0 Å². The summed E-state index contributed by atoms with van der Waals surface area (Å²) < 4.78 is 0. The molecule has 1 aliphatic heterocycles. The molecule has 3 fully saturated rings. The van der Waals surface area contributed by atoms with Gasteiger partial charge in [0.2, 0.25) is 11.8 Å². The summed E-state index contributed by atoms with van der Waals surface area (Å²) in [4.78, 5) is 27.4. The fraction of sp³-hybridized carbons (Fsp3) is 0.882. The first-order valence-electron chi connectivity index (χ1n) is 8.79. The quantitative estimate of drug-likeness (QED) is 0.865. The molecule has 4 unspecified atom stereocenters. The zero-order chi connectivity index (χ0) is 15.0. The number of nitrogens with one attached hydrogen (secondary N) is 1. The summed E-state index contributed by atoms with van der Waals surface area (Å²) in [7, 11) is 0. The lowest BCUT2D eigenvalue weighted by atomic mass is 9.82. The minimum absolute atomic E-state index is 0.0782. The maximum atomic E-state index is 13.0. The molecular formula is C17H28N2O2. The summed E-state index contributed by atoms with van der Waals surface area (Å²) in [6, 6.07) is -0.165. The number of amides is 2. The molecule has 3 aliphatic rings. The minimum atomic E-state index is -0.251. The molecule has 2 aliphatic carbocycles. The standard InChI is InChI=1S/C17H28N2O2/c1-3-11-10-14(11)19-13(4-2)16(20)18-15(17(19)21)12-8-6-5-7-9-12/h11-15H,3-10H2,1-2H3,(H,18,20). The van der Waals surface area contributed by atoms with Crippen LogP contribution < -0.4 is 5.32 Å². The van der Waals surface area contributed by atoms with E-state index in [0.717, 1.165) is 32.1 Å². The van der Waals surface area contributed by atoms with E-state index in [1.807, 2.05) is 11.8 Å². The Bertz CT molecular complexity index is 417. The lowest BCUT2D eigenvalue weighted by molar-refractivity contribution is -0.152. The molecule has 4 atom stereocenters. The van der Waals surface area contributed by atoms with Crippen LogP contribution >= 0.6 is 0 Å². The molecule has 118 valence electrons. The molecule has 1 N–H and O–H groups in total. The van der Waals surface area contributed by atoms with E-state index in [1.54, 1.807) is 0 Å². The molecule has 2 saturated carbocycles. The Morgan fingerprint density at radius 1 is 1.10 bits per heavy atom. The van der Waals surface area contributed by atoms with Crippen molar-refractivity contribution in [2.45, 2.75) is 83.3 Å². The highest BCUT2D eigenvalue weighted by Crippen LogP contribution is 2.42. The first-order valence-corrected chi connectivity index (χ1v) is 8.79. The molecule has 0 aromatic heterocycles. The topological polar surface area (TPSA) is 49.4 Å². The van der Waals surface area contributed by atoms with Crippen LogP contribution in [-0.2, 0) is 9.59 Å². The maximum Gasteiger partial charge on any atom is 0.246 e. The van der Waals surface area contributed by atoms with Crippen LogP contribution in [0.4, 0.5) is 0 Å². The minimum Gasteiger partial charge on any atom is -0.342 e. The second kappa shape index (κ2) is 5.98. The average Bonchev–Trinajstić information content (AvgIpc) is 3.29. The summed E-state index contributed by atoms with van der Waals surface area (Å²) in [5, 5.41) is 3.05. The van der Waals surface area contributed by atoms with Gasteiger partial charge in [0.1, 0.15) is 12.1 Å². The van der Waals surface area contributed by atoms with Crippen LogP contribution in [-0.4, -0.2) is 34.8 Å². The Kier molecular flexibility index (Phi) is 4.23. The Labute approximate surface area is 127 Å². The second-order valence-electron chi connectivity index (χ2n) is 7.03. The SMILES string of the molecule is CCC1CC1N1C(=O)C(C2CCCCC2)NC(=O)C1CC. The summed E-state index contributed by atoms with van der Waals surface area (Å²) in [6.45, 7) is 4.19. The smallest absolute Gasteiger partial charge is 0.246 e. The Morgan fingerprint density at radius 3 is 2.38 bits per heavy atom. The highest BCUT2D eigenvalue weighted by molar-refractivity contribution is 5.97. The van der Waals surface area contributed by atoms with Gasteiger partial charge >= 0.3 is 0 Å². The van der Waals surface area contributed by atoms with Crippen molar-refractivity contribution in [3.8, 4) is 0 Å². The fourth-order valence-corrected chi connectivity index (χ4v) is 4.33. The van der Waals surface area contributed by atoms with E-state index in [9.17, 15) is 9.59 Å². The molecule has 1 heterocycles. The Morgan fingerprint density at radius 2 is 1.81 bits per heavy atom. The lowest BCUT2D eigenvalue weighted by Crippen LogP contribution is -2.65. The van der Waals surface area contributed by atoms with E-state index < -0.39 is 0 Å². The fourth-order valence-electron chi connectivity index (χ4n) is 4.33. The zero-order valence-electron chi connectivity index (χ0n) is 13.3. The largest absolute Gasteiger partial charge is 0.342 e. The number of nitrogens with zero attached hydrogens (tertiary/aromatic N) is 1. The van der Waals surface area contributed by atoms with Gasteiger partial charge in [-0.1, -0.05) is 39.5 Å². The number of hydrogen-bond donors (Lipinski definition) is 1. The van der Waals surface area contributed by atoms with Crippen molar-refractivity contribution >= 4 is 11.8 Å². The van der Waals surface area contributed by atoms with Crippen molar-refractivity contribution in [1.82, 2.24) is 10.2 Å². The predicted octanol–water partition coefficient (Wildman–Crippen LogP) is 2.47. The molecule has 3 rings (SSSR count). The Hall–Kier alpha value is -1.06. The van der Waals surface area contributed by atoms with Gasteiger partial charge in [-0.3, -0.25) is 9.59 Å². The van der Waals surface area contributed by atoms with Crippen molar-refractivity contribution < 1.29 is 9.59 Å². The number of carbonyl (C=O) groups excluding carboxylic acids is 2. The third kappa shape index (κ3) is 2.69. The molecule has 0 radical (unpaired) electrons. The highest BCUT2D eigenvalue weighted by Gasteiger charge is 2.52. The highest BCUT2D eigenvalue weighted by atomic mass is 16.2. The number of rotatable bonds is 4. The van der Waals surface area contributed by atoms with Gasteiger partial charge in [-0.2, -0.15) is 0 Å². The molecule has 0 aromatic rings. The lowest BCUT2D eigenvalue weighted by Gasteiger charge is -2.42. The van der Waals surface area contributed by atoms with Gasteiger partial charge in [-0.05, 0) is 37.5 Å². The molecule has 0 bridgehead atoms. The molecule has 2 amide bonds. The van der Waals surface area contributed by atoms with Crippen LogP contribution in [0.1, 0.15) is 65.2 Å². The zero-order valence-corrected chi connectivity index (χ0v) is 13.3. The van der Waals surface area contributed by atoms with Crippen LogP contribution in [0.15, 0.2) is 0 Å². The van der Waals surface area contributed by atoms with Gasteiger partial charge in [0.15, 0.2) is 0 Å². The van der Waals surface area contributed by atoms with Gasteiger partial charge in [0.25, 0.3) is 0 Å². The molecule has 0 aromatic carbocycles. The molecule has 21 heavy (non-hydrogen) atoms. The van der Waals surface area contributed by atoms with E-state index >= 15 is 0 Å². The van der Waals surface area contributed by atoms with Crippen LogP contribution in [0.5, 0.6) is 0 Å². The first-order chi connectivity index (χ1) is 10.2. The number of hydrogen-bond acceptors (Lipinski definition) is 2. The monoisotopic (exact) mass is 292 g/mol. The third-order valence-corrected chi connectivity index (χ3v) is 5.73. The van der Waals surface area contributed by atoms with Gasteiger partial charge in [0, 0.05) is 6.04 Å². The number of piperazine rings is 1. The van der Waals surface area contributed by atoms with E-state index in [1.165, 1.54) is 19.3 Å². The van der Waals surface area contributed by atoms with Crippen LogP contribution in [0, 0.1) is 11.8 Å². The summed E-state index contributed by atoms with van der Waals surface area (Å²) in [5.41, 5.74) is 0. The Balaban J connectivity index is 1.78. The van der Waals surface area contributed by atoms with Gasteiger partial charge in [-0.15, -0.1) is 0 Å². The van der Waals surface area contributed by atoms with Crippen molar-refractivity contribution in [2.75, 3.05) is 0 Å². The van der Waals surface area contributed by atoms with Crippen LogP contribution in [0.2, 0.25) is 0 Å². The molecule has 1 saturated heterocycles. The summed E-state index contributed by atoms with van der Waals surface area (Å²) in [6.07, 6.45) is 8.76. The van der Waals surface area contributed by atoms with Gasteiger partial charge in [0.05, 0.1) is 0 Å². The van der Waals surface area contributed by atoms with Crippen LogP contribution in [0.3, 0.4) is 0 Å². The van der Waals surface area contributed by atoms with E-state index in [4.69, 9.17) is 0 Å². The first kappa shape index (κ1) is 14.9. The van der Waals surface area contributed by atoms with E-state index in [-0.39, 0.29) is 23.9 Å². The van der Waals surface area contributed by atoms with Crippen molar-refractivity contribution in [1.29, 1.82) is 0 Å². The van der Waals surface area contributed by atoms with Crippen molar-refractivity contribution in [3.05, 3.63) is 0 Å². The van der Waals surface area contributed by atoms with Gasteiger partial charge < -0.3 is 10.2 Å². The third-order valence-electron chi connectivity index (χ3n) is 5.73. The van der Waals surface area contributed by atoms with Crippen molar-refractivity contribution in [2.24, 2.45) is 11.8 Å². The number of carbonyl (C=O) groups is 2. The van der Waals surface area contributed by atoms with Crippen molar-refractivity contribution in [3.63, 3.8) is 0 Å². The predicted molar refractivity (Wildman–Crippen MR) is 81.6 cm³/mol. The van der Waals surface area contributed by atoms with E-state index in [2.05, 4.69) is 12.2 Å². The summed E-state index contributed by atoms with van der Waals surface area (Å²) in [5.74, 6) is 1.25. The molecule has 4 heteroatoms.